The number of hydrogen-bond acceptors (Lipinski definition) is 18. The molecule has 3 saturated heterocycles. The van der Waals surface area contributed by atoms with Crippen LogP contribution in [0.1, 0.15) is 162 Å². The fourth-order valence-corrected chi connectivity index (χ4v) is 9.77. The van der Waals surface area contributed by atoms with Gasteiger partial charge in [-0.2, -0.15) is 0 Å². The van der Waals surface area contributed by atoms with E-state index < -0.39 is 124 Å². The molecule has 84 heavy (non-hydrogen) atoms. The molecule has 3 aliphatic heterocycles. The van der Waals surface area contributed by atoms with Crippen LogP contribution < -0.4 is 5.32 Å². The lowest BCUT2D eigenvalue weighted by Crippen LogP contribution is -2.66. The number of carbonyl (C=O) groups excluding carboxylic acids is 1. The van der Waals surface area contributed by atoms with Gasteiger partial charge in [0.15, 0.2) is 18.9 Å². The van der Waals surface area contributed by atoms with Gasteiger partial charge in [-0.1, -0.05) is 181 Å². The lowest BCUT2D eigenvalue weighted by Gasteiger charge is -2.48. The zero-order chi connectivity index (χ0) is 61.2. The third kappa shape index (κ3) is 29.4. The van der Waals surface area contributed by atoms with Crippen LogP contribution in [0.15, 0.2) is 109 Å². The van der Waals surface area contributed by atoms with E-state index in [9.17, 15) is 61.0 Å². The summed E-state index contributed by atoms with van der Waals surface area (Å²) in [5.41, 5.74) is 0. The number of aliphatic hydroxyl groups is 11. The van der Waals surface area contributed by atoms with Gasteiger partial charge in [0, 0.05) is 6.42 Å². The Kier molecular flexibility index (Phi) is 41.4. The first-order chi connectivity index (χ1) is 40.8. The molecule has 0 aliphatic carbocycles. The van der Waals surface area contributed by atoms with E-state index in [-0.39, 0.29) is 18.9 Å². The molecule has 3 aliphatic rings. The number of aliphatic hydroxyl groups excluding tert-OH is 11. The lowest BCUT2D eigenvalue weighted by atomic mass is 9.96. The van der Waals surface area contributed by atoms with E-state index in [2.05, 4.69) is 129 Å². The van der Waals surface area contributed by atoms with Gasteiger partial charge >= 0.3 is 0 Å². The molecule has 0 aromatic heterocycles. The minimum atomic E-state index is -1.98. The molecule has 3 heterocycles. The Morgan fingerprint density at radius 1 is 0.440 bits per heavy atom. The number of rotatable bonds is 44. The van der Waals surface area contributed by atoms with E-state index in [1.54, 1.807) is 0 Å². The van der Waals surface area contributed by atoms with Crippen molar-refractivity contribution in [1.82, 2.24) is 5.32 Å². The van der Waals surface area contributed by atoms with Crippen molar-refractivity contribution < 1.29 is 89.4 Å². The number of unbranched alkanes of at least 4 members (excludes halogenated alkanes) is 10. The SMILES string of the molecule is CC/C=C\C/C=C\C/C=C\C/C=C\C/C=C\C/C=C\C/C=C\C/C=C\C/C=C\CCCCCCCC(=O)NC(COC1OC(CO)C(OC2OC(CO)C(OC3OC(CO)C(O)C(O)C3O)C(O)C2O)C(O)C1O)C(O)CCCCCCCC. The van der Waals surface area contributed by atoms with Crippen LogP contribution in [0.25, 0.3) is 0 Å². The van der Waals surface area contributed by atoms with Crippen molar-refractivity contribution in [3.8, 4) is 0 Å². The molecule has 17 atom stereocenters. The van der Waals surface area contributed by atoms with E-state index in [0.29, 0.717) is 19.3 Å². The van der Waals surface area contributed by atoms with Crippen LogP contribution in [0, 0.1) is 0 Å². The quantitative estimate of drug-likeness (QED) is 0.0235. The summed E-state index contributed by atoms with van der Waals surface area (Å²) in [6.07, 6.45) is 33.8. The summed E-state index contributed by atoms with van der Waals surface area (Å²) in [5, 5.41) is 120. The Bertz CT molecular complexity index is 1950. The second-order valence-electron chi connectivity index (χ2n) is 21.8. The second-order valence-corrected chi connectivity index (χ2v) is 21.8. The highest BCUT2D eigenvalue weighted by molar-refractivity contribution is 5.76. The van der Waals surface area contributed by atoms with Gasteiger partial charge in [0.1, 0.15) is 73.2 Å². The molecule has 17 unspecified atom stereocenters. The van der Waals surface area contributed by atoms with Crippen LogP contribution in [0.3, 0.4) is 0 Å². The zero-order valence-electron chi connectivity index (χ0n) is 50.1. The van der Waals surface area contributed by atoms with Gasteiger partial charge in [-0.25, -0.2) is 0 Å². The molecule has 3 fully saturated rings. The third-order valence-corrected chi connectivity index (χ3v) is 14.9. The summed E-state index contributed by atoms with van der Waals surface area (Å²) in [4.78, 5) is 13.3. The first kappa shape index (κ1) is 74.7. The van der Waals surface area contributed by atoms with Crippen molar-refractivity contribution in [1.29, 1.82) is 0 Å². The van der Waals surface area contributed by atoms with Gasteiger partial charge in [0.25, 0.3) is 0 Å². The maximum atomic E-state index is 13.3. The van der Waals surface area contributed by atoms with Crippen molar-refractivity contribution in [2.24, 2.45) is 0 Å². The second kappa shape index (κ2) is 46.6. The van der Waals surface area contributed by atoms with Crippen LogP contribution in [-0.4, -0.2) is 193 Å². The Balaban J connectivity index is 1.35. The monoisotopic (exact) mass is 1190 g/mol. The molecule has 0 bridgehead atoms. The predicted octanol–water partition coefficient (Wildman–Crippen LogP) is 6.31. The fraction of sp³-hybridized carbons (Fsp3) is 0.708. The number of ether oxygens (including phenoxy) is 6. The highest BCUT2D eigenvalue weighted by Gasteiger charge is 2.53. The van der Waals surface area contributed by atoms with E-state index in [1.807, 2.05) is 0 Å². The normalized spacial score (nSPS) is 29.9. The van der Waals surface area contributed by atoms with Crippen molar-refractivity contribution in [2.45, 2.75) is 266 Å². The molecule has 480 valence electrons. The van der Waals surface area contributed by atoms with Crippen LogP contribution >= 0.6 is 0 Å². The first-order valence-corrected chi connectivity index (χ1v) is 31.1. The van der Waals surface area contributed by atoms with Crippen molar-refractivity contribution >= 4 is 5.91 Å². The molecule has 1 amide bonds. The summed E-state index contributed by atoms with van der Waals surface area (Å²) in [6, 6.07) is -0.902. The van der Waals surface area contributed by atoms with Crippen LogP contribution in [0.5, 0.6) is 0 Å². The van der Waals surface area contributed by atoms with Gasteiger partial charge in [0.05, 0.1) is 38.6 Å². The highest BCUT2D eigenvalue weighted by atomic mass is 16.8. The van der Waals surface area contributed by atoms with E-state index >= 15 is 0 Å². The van der Waals surface area contributed by atoms with E-state index in [4.69, 9.17) is 28.4 Å². The van der Waals surface area contributed by atoms with Gasteiger partial charge < -0.3 is 89.9 Å². The van der Waals surface area contributed by atoms with Gasteiger partial charge in [-0.15, -0.1) is 0 Å². The Morgan fingerprint density at radius 3 is 1.29 bits per heavy atom. The average molecular weight is 1190 g/mol. The fourth-order valence-electron chi connectivity index (χ4n) is 9.77. The molecular formula is C65H107NO18. The number of allylic oxidation sites excluding steroid dienone is 18. The molecule has 0 spiro atoms. The molecule has 3 rings (SSSR count). The topological polar surface area (TPSA) is 307 Å². The third-order valence-electron chi connectivity index (χ3n) is 14.9. The summed E-state index contributed by atoms with van der Waals surface area (Å²) >= 11 is 0. The molecule has 19 heteroatoms. The molecule has 0 saturated carbocycles. The number of amides is 1. The molecular weight excluding hydrogens is 1080 g/mol. The number of nitrogens with one attached hydrogen (secondary N) is 1. The molecule has 0 aromatic carbocycles. The smallest absolute Gasteiger partial charge is 0.220 e. The predicted molar refractivity (Wildman–Crippen MR) is 323 cm³/mol. The summed E-state index contributed by atoms with van der Waals surface area (Å²) < 4.78 is 34.1. The molecule has 12 N–H and O–H groups in total. The van der Waals surface area contributed by atoms with Crippen molar-refractivity contribution in [3.05, 3.63) is 109 Å². The van der Waals surface area contributed by atoms with Crippen LogP contribution in [0.4, 0.5) is 0 Å². The molecule has 19 nitrogen and oxygen atoms in total. The largest absolute Gasteiger partial charge is 0.394 e. The lowest BCUT2D eigenvalue weighted by molar-refractivity contribution is -0.379. The Morgan fingerprint density at radius 2 is 0.821 bits per heavy atom. The maximum Gasteiger partial charge on any atom is 0.220 e. The minimum Gasteiger partial charge on any atom is -0.394 e. The maximum absolute atomic E-state index is 13.3. The van der Waals surface area contributed by atoms with Gasteiger partial charge in [-0.05, 0) is 83.5 Å². The van der Waals surface area contributed by atoms with Crippen molar-refractivity contribution in [3.63, 3.8) is 0 Å². The van der Waals surface area contributed by atoms with Crippen LogP contribution in [-0.2, 0) is 33.2 Å². The van der Waals surface area contributed by atoms with Gasteiger partial charge in [-0.3, -0.25) is 4.79 Å². The summed E-state index contributed by atoms with van der Waals surface area (Å²) in [7, 11) is 0. The first-order valence-electron chi connectivity index (χ1n) is 31.1. The molecule has 0 radical (unpaired) electrons. The highest BCUT2D eigenvalue weighted by Crippen LogP contribution is 2.33. The van der Waals surface area contributed by atoms with E-state index in [1.165, 1.54) is 0 Å². The standard InChI is InChI=1S/C65H107NO18/c1-3-5-7-9-11-12-13-14-15-16-17-18-19-20-21-22-23-24-25-26-27-28-29-30-31-32-33-34-35-36-37-39-41-43-53(71)66-48(49(70)42-40-38-10-8-6-4-2)47-79-63-59(77)56(74)61(51(45-68)81-63)84-65-60(78)57(75)62(52(46-69)82-65)83-64-58(76)55(73)54(72)50(44-67)80-64/h5,7,11-12,14-15,17-18,20-21,23-24,26-27,29-30,32-33,48-52,54-65,67-70,72-78H,3-4,6,8-10,13,16,19,22,25,28,31,34-47H2,1-2H3,(H,66,71)/b7-5-,12-11-,15-14-,18-17-,21-20-,24-23-,27-26-,30-29-,33-32-. The van der Waals surface area contributed by atoms with Gasteiger partial charge in [0.2, 0.25) is 5.91 Å². The summed E-state index contributed by atoms with van der Waals surface area (Å²) in [6.45, 7) is 1.54. The number of carbonyl (C=O) groups is 1. The average Bonchev–Trinajstić information content (AvgIpc) is 2.27. The van der Waals surface area contributed by atoms with Crippen LogP contribution in [0.2, 0.25) is 0 Å². The molecule has 0 aromatic rings. The minimum absolute atomic E-state index is 0.235. The van der Waals surface area contributed by atoms with Crippen molar-refractivity contribution in [2.75, 3.05) is 26.4 Å². The zero-order valence-corrected chi connectivity index (χ0v) is 50.1. The summed E-state index contributed by atoms with van der Waals surface area (Å²) in [5.74, 6) is -0.274. The Hall–Kier alpha value is -3.55. The van der Waals surface area contributed by atoms with E-state index in [0.717, 1.165) is 122 Å². The number of hydrogen-bond donors (Lipinski definition) is 12. The Labute approximate surface area is 500 Å².